The van der Waals surface area contributed by atoms with Gasteiger partial charge in [-0.2, -0.15) is 0 Å². The Labute approximate surface area is 124 Å². The minimum atomic E-state index is 0.000756. The van der Waals surface area contributed by atoms with Crippen molar-refractivity contribution < 1.29 is 4.79 Å². The molecule has 1 aliphatic carbocycles. The molecule has 3 rings (SSSR count). The Hall–Kier alpha value is -1.48. The normalized spacial score (nSPS) is 24.2. The largest absolute Gasteiger partial charge is 0.377 e. The van der Waals surface area contributed by atoms with E-state index in [2.05, 4.69) is 24.5 Å². The molecule has 1 unspecified atom stereocenters. The minimum absolute atomic E-state index is 0.000756. The van der Waals surface area contributed by atoms with Crippen LogP contribution in [-0.2, 0) is 4.79 Å². The summed E-state index contributed by atoms with van der Waals surface area (Å²) in [5.41, 5.74) is 3.88. The molecule has 3 nitrogen and oxygen atoms in total. The maximum absolute atomic E-state index is 12.5. The van der Waals surface area contributed by atoms with Gasteiger partial charge in [0.2, 0.25) is 0 Å². The number of benzene rings is 1. The maximum Gasteiger partial charge on any atom is 0.163 e. The van der Waals surface area contributed by atoms with Crippen molar-refractivity contribution in [2.45, 2.75) is 39.7 Å². The third-order valence-electron chi connectivity index (χ3n) is 3.99. The number of nitrogens with one attached hydrogen (secondary N) is 2. The Morgan fingerprint density at radius 3 is 2.75 bits per heavy atom. The van der Waals surface area contributed by atoms with E-state index in [9.17, 15) is 4.79 Å². The first-order chi connectivity index (χ1) is 9.35. The van der Waals surface area contributed by atoms with E-state index in [0.29, 0.717) is 11.4 Å². The summed E-state index contributed by atoms with van der Waals surface area (Å²) in [6, 6.07) is 5.72. The van der Waals surface area contributed by atoms with Crippen molar-refractivity contribution in [2.75, 3.05) is 10.6 Å². The summed E-state index contributed by atoms with van der Waals surface area (Å²) >= 11 is 6.06. The lowest BCUT2D eigenvalue weighted by atomic mass is 9.74. The molecule has 0 aromatic heterocycles. The van der Waals surface area contributed by atoms with Gasteiger partial charge in [0.15, 0.2) is 5.78 Å². The van der Waals surface area contributed by atoms with Crippen LogP contribution in [0.15, 0.2) is 29.5 Å². The van der Waals surface area contributed by atoms with Crippen LogP contribution in [-0.4, -0.2) is 11.8 Å². The highest BCUT2D eigenvalue weighted by molar-refractivity contribution is 6.31. The van der Waals surface area contributed by atoms with Crippen LogP contribution < -0.4 is 10.6 Å². The van der Waals surface area contributed by atoms with Gasteiger partial charge in [0.1, 0.15) is 0 Å². The van der Waals surface area contributed by atoms with Gasteiger partial charge in [-0.05, 0) is 37.0 Å². The number of hydrogen-bond donors (Lipinski definition) is 2. The monoisotopic (exact) mass is 290 g/mol. The predicted octanol–water partition coefficient (Wildman–Crippen LogP) is 4.21. The highest BCUT2D eigenvalue weighted by Crippen LogP contribution is 2.41. The van der Waals surface area contributed by atoms with E-state index >= 15 is 0 Å². The minimum Gasteiger partial charge on any atom is -0.377 e. The third-order valence-corrected chi connectivity index (χ3v) is 4.23. The van der Waals surface area contributed by atoms with Crippen LogP contribution in [0.4, 0.5) is 11.4 Å². The van der Waals surface area contributed by atoms with Gasteiger partial charge in [-0.3, -0.25) is 4.79 Å². The lowest BCUT2D eigenvalue weighted by molar-refractivity contribution is -0.118. The average molecular weight is 291 g/mol. The molecule has 0 amide bonds. The third kappa shape index (κ3) is 2.31. The number of carbonyl (C=O) groups excluding carboxylic acids is 1. The summed E-state index contributed by atoms with van der Waals surface area (Å²) in [6.07, 6.45) is 1.50. The molecule has 20 heavy (non-hydrogen) atoms. The molecular weight excluding hydrogens is 272 g/mol. The van der Waals surface area contributed by atoms with Crippen LogP contribution >= 0.6 is 11.6 Å². The molecule has 0 fully saturated rings. The van der Waals surface area contributed by atoms with E-state index in [-0.39, 0.29) is 17.2 Å². The number of allylic oxidation sites excluding steroid dienone is 1. The summed E-state index contributed by atoms with van der Waals surface area (Å²) in [4.78, 5) is 12.5. The van der Waals surface area contributed by atoms with Crippen LogP contribution in [0.3, 0.4) is 0 Å². The van der Waals surface area contributed by atoms with Gasteiger partial charge in [0, 0.05) is 22.7 Å². The summed E-state index contributed by atoms with van der Waals surface area (Å²) in [5, 5.41) is 7.53. The second-order valence-electron chi connectivity index (χ2n) is 6.51. The summed E-state index contributed by atoms with van der Waals surface area (Å²) in [5.74, 6) is 0.239. The molecule has 0 radical (unpaired) electrons. The van der Waals surface area contributed by atoms with Crippen LogP contribution in [0.2, 0.25) is 5.02 Å². The lowest BCUT2D eigenvalue weighted by Gasteiger charge is -2.33. The van der Waals surface area contributed by atoms with Gasteiger partial charge in [0.05, 0.1) is 17.4 Å². The fourth-order valence-electron chi connectivity index (χ4n) is 3.16. The smallest absolute Gasteiger partial charge is 0.163 e. The van der Waals surface area contributed by atoms with E-state index < -0.39 is 0 Å². The van der Waals surface area contributed by atoms with Crippen molar-refractivity contribution in [3.8, 4) is 0 Å². The fraction of sp³-hybridized carbons (Fsp3) is 0.438. The molecule has 1 atom stereocenters. The quantitative estimate of drug-likeness (QED) is 0.752. The molecule has 2 aliphatic rings. The second kappa shape index (κ2) is 4.52. The second-order valence-corrected chi connectivity index (χ2v) is 6.95. The number of halogens is 1. The van der Waals surface area contributed by atoms with Crippen molar-refractivity contribution in [1.82, 2.24) is 0 Å². The van der Waals surface area contributed by atoms with Crippen molar-refractivity contribution in [1.29, 1.82) is 0 Å². The molecule has 106 valence electrons. The van der Waals surface area contributed by atoms with Gasteiger partial charge in [0.25, 0.3) is 0 Å². The summed E-state index contributed by atoms with van der Waals surface area (Å²) in [7, 11) is 0. The first-order valence-corrected chi connectivity index (χ1v) is 7.33. The van der Waals surface area contributed by atoms with E-state index in [0.717, 1.165) is 29.1 Å². The molecule has 1 aromatic rings. The number of anilines is 2. The van der Waals surface area contributed by atoms with Crippen LogP contribution in [0.1, 0.15) is 33.6 Å². The van der Waals surface area contributed by atoms with Crippen molar-refractivity contribution in [3.05, 3.63) is 34.5 Å². The van der Waals surface area contributed by atoms with Gasteiger partial charge >= 0.3 is 0 Å². The number of hydrogen-bond acceptors (Lipinski definition) is 3. The number of rotatable bonds is 0. The summed E-state index contributed by atoms with van der Waals surface area (Å²) < 4.78 is 0. The molecular formula is C16H19ClN2O. The zero-order valence-corrected chi connectivity index (χ0v) is 12.8. The van der Waals surface area contributed by atoms with Crippen molar-refractivity contribution in [2.24, 2.45) is 5.41 Å². The molecule has 0 saturated heterocycles. The first kappa shape index (κ1) is 13.5. The highest BCUT2D eigenvalue weighted by Gasteiger charge is 2.36. The zero-order valence-electron chi connectivity index (χ0n) is 12.0. The van der Waals surface area contributed by atoms with E-state index in [1.807, 2.05) is 25.1 Å². The van der Waals surface area contributed by atoms with Crippen LogP contribution in [0, 0.1) is 5.41 Å². The Kier molecular flexibility index (Phi) is 3.05. The maximum atomic E-state index is 12.5. The van der Waals surface area contributed by atoms with Crippen molar-refractivity contribution in [3.63, 3.8) is 0 Å². The fourth-order valence-corrected chi connectivity index (χ4v) is 3.33. The topological polar surface area (TPSA) is 41.1 Å². The molecule has 0 saturated carbocycles. The number of ketones is 1. The zero-order chi connectivity index (χ0) is 14.5. The number of fused-ring (bicyclic) bond motifs is 1. The standard InChI is InChI=1S/C16H19ClN2O/c1-9-15-13(7-16(2,3)8-14(15)20)19-11-5-4-10(17)6-12(11)18-9/h4-6,9,18-19H,7-8H2,1-3H3. The SMILES string of the molecule is CC1Nc2cc(Cl)ccc2NC2=C1C(=O)CC(C)(C)C2. The molecule has 1 aliphatic heterocycles. The van der Waals surface area contributed by atoms with E-state index in [1.54, 1.807) is 0 Å². The Morgan fingerprint density at radius 1 is 1.25 bits per heavy atom. The predicted molar refractivity (Wildman–Crippen MR) is 83.2 cm³/mol. The average Bonchev–Trinajstić information content (AvgIpc) is 2.42. The van der Waals surface area contributed by atoms with Crippen LogP contribution in [0.25, 0.3) is 0 Å². The van der Waals surface area contributed by atoms with Gasteiger partial charge in [-0.15, -0.1) is 0 Å². The highest BCUT2D eigenvalue weighted by atomic mass is 35.5. The van der Waals surface area contributed by atoms with Crippen LogP contribution in [0.5, 0.6) is 0 Å². The number of carbonyl (C=O) groups is 1. The first-order valence-electron chi connectivity index (χ1n) is 6.95. The van der Waals surface area contributed by atoms with E-state index in [4.69, 9.17) is 11.6 Å². The Morgan fingerprint density at radius 2 is 2.00 bits per heavy atom. The van der Waals surface area contributed by atoms with E-state index in [1.165, 1.54) is 0 Å². The van der Waals surface area contributed by atoms with Gasteiger partial charge in [-0.1, -0.05) is 25.4 Å². The van der Waals surface area contributed by atoms with Crippen molar-refractivity contribution >= 4 is 28.8 Å². The molecule has 0 spiro atoms. The summed E-state index contributed by atoms with van der Waals surface area (Å²) in [6.45, 7) is 6.31. The molecule has 0 bridgehead atoms. The Bertz CT molecular complexity index is 619. The van der Waals surface area contributed by atoms with Gasteiger partial charge < -0.3 is 10.6 Å². The van der Waals surface area contributed by atoms with Gasteiger partial charge in [-0.25, -0.2) is 0 Å². The lowest BCUT2D eigenvalue weighted by Crippen LogP contribution is -2.33. The molecule has 4 heteroatoms. The molecule has 1 aromatic carbocycles. The molecule has 2 N–H and O–H groups in total. The Balaban J connectivity index is 2.07. The molecule has 1 heterocycles. The number of Topliss-reactive ketones (excluding diaryl/α,β-unsaturated/α-hetero) is 1.